The highest BCUT2D eigenvalue weighted by Crippen LogP contribution is 2.21. The number of benzene rings is 2. The summed E-state index contributed by atoms with van der Waals surface area (Å²) in [5.41, 5.74) is 5.95. The molecule has 1 aromatic heterocycles. The minimum absolute atomic E-state index is 0.325. The van der Waals surface area contributed by atoms with Crippen molar-refractivity contribution in [3.8, 4) is 22.8 Å². The molecule has 0 unspecified atom stereocenters. The standard InChI is InChI=1S/C21H22N4O3/c1-4-28-17-10-8-15(9-11-17)19-13-20(24-23-19)21(26)25-22-14(2)16-6-5-7-18(12-16)27-3/h5-13H,4H2,1-3H3,(H,23,24)(H,25,26)/b22-14+. The van der Waals surface area contributed by atoms with Gasteiger partial charge in [-0.2, -0.15) is 10.2 Å². The number of carbonyl (C=O) groups is 1. The van der Waals surface area contributed by atoms with E-state index in [0.29, 0.717) is 23.7 Å². The van der Waals surface area contributed by atoms with Crippen LogP contribution in [0.3, 0.4) is 0 Å². The summed E-state index contributed by atoms with van der Waals surface area (Å²) < 4.78 is 10.6. The average Bonchev–Trinajstić information content (AvgIpc) is 3.23. The second-order valence-electron chi connectivity index (χ2n) is 5.99. The lowest BCUT2D eigenvalue weighted by atomic mass is 10.1. The molecule has 7 heteroatoms. The fourth-order valence-electron chi connectivity index (χ4n) is 2.58. The van der Waals surface area contributed by atoms with Crippen molar-refractivity contribution in [2.45, 2.75) is 13.8 Å². The number of rotatable bonds is 7. The van der Waals surface area contributed by atoms with Crippen LogP contribution in [0.2, 0.25) is 0 Å². The monoisotopic (exact) mass is 378 g/mol. The van der Waals surface area contributed by atoms with Gasteiger partial charge in [0.25, 0.3) is 5.91 Å². The molecule has 0 atom stereocenters. The first-order chi connectivity index (χ1) is 13.6. The summed E-state index contributed by atoms with van der Waals surface area (Å²) in [6.45, 7) is 4.36. The van der Waals surface area contributed by atoms with Gasteiger partial charge in [0.2, 0.25) is 0 Å². The number of amides is 1. The molecule has 144 valence electrons. The first-order valence-corrected chi connectivity index (χ1v) is 8.88. The summed E-state index contributed by atoms with van der Waals surface area (Å²) in [6, 6.07) is 16.7. The Labute approximate surface area is 163 Å². The minimum atomic E-state index is -0.369. The summed E-state index contributed by atoms with van der Waals surface area (Å²) in [6.07, 6.45) is 0. The maximum absolute atomic E-state index is 12.4. The molecule has 0 radical (unpaired) electrons. The molecule has 3 aromatic rings. The third-order valence-corrected chi connectivity index (χ3v) is 4.10. The summed E-state index contributed by atoms with van der Waals surface area (Å²) in [5.74, 6) is 1.15. The van der Waals surface area contributed by atoms with Crippen LogP contribution in [0, 0.1) is 0 Å². The Kier molecular flexibility index (Phi) is 6.06. The van der Waals surface area contributed by atoms with Crippen LogP contribution in [0.4, 0.5) is 0 Å². The molecule has 0 aliphatic carbocycles. The normalized spacial score (nSPS) is 11.2. The predicted molar refractivity (Wildman–Crippen MR) is 108 cm³/mol. The van der Waals surface area contributed by atoms with Crippen molar-refractivity contribution < 1.29 is 14.3 Å². The van der Waals surface area contributed by atoms with E-state index in [1.165, 1.54) is 0 Å². The van der Waals surface area contributed by atoms with Crippen LogP contribution < -0.4 is 14.9 Å². The van der Waals surface area contributed by atoms with Crippen LogP contribution in [0.5, 0.6) is 11.5 Å². The SMILES string of the molecule is CCOc1ccc(-c2cc(C(=O)N/N=C(\C)c3cccc(OC)c3)[nH]n2)cc1. The van der Waals surface area contributed by atoms with Crippen molar-refractivity contribution in [2.75, 3.05) is 13.7 Å². The Balaban J connectivity index is 1.68. The van der Waals surface area contributed by atoms with Gasteiger partial charge in [-0.25, -0.2) is 5.43 Å². The van der Waals surface area contributed by atoms with Crippen molar-refractivity contribution >= 4 is 11.6 Å². The summed E-state index contributed by atoms with van der Waals surface area (Å²) in [5, 5.41) is 11.1. The number of ether oxygens (including phenoxy) is 2. The second kappa shape index (κ2) is 8.85. The Morgan fingerprint density at radius 2 is 1.93 bits per heavy atom. The van der Waals surface area contributed by atoms with E-state index in [1.807, 2.05) is 62.4 Å². The Bertz CT molecular complexity index is 977. The zero-order valence-electron chi connectivity index (χ0n) is 16.0. The van der Waals surface area contributed by atoms with Gasteiger partial charge in [-0.1, -0.05) is 12.1 Å². The first-order valence-electron chi connectivity index (χ1n) is 8.88. The van der Waals surface area contributed by atoms with Crippen LogP contribution in [0.15, 0.2) is 59.7 Å². The molecule has 7 nitrogen and oxygen atoms in total. The number of nitrogens with zero attached hydrogens (tertiary/aromatic N) is 2. The topological polar surface area (TPSA) is 88.6 Å². The Morgan fingerprint density at radius 1 is 1.14 bits per heavy atom. The van der Waals surface area contributed by atoms with Crippen LogP contribution in [-0.4, -0.2) is 35.5 Å². The van der Waals surface area contributed by atoms with Crippen LogP contribution >= 0.6 is 0 Å². The summed E-state index contributed by atoms with van der Waals surface area (Å²) in [4.78, 5) is 12.4. The lowest BCUT2D eigenvalue weighted by Crippen LogP contribution is -2.19. The average molecular weight is 378 g/mol. The van der Waals surface area contributed by atoms with Gasteiger partial charge in [-0.15, -0.1) is 0 Å². The summed E-state index contributed by atoms with van der Waals surface area (Å²) >= 11 is 0. The lowest BCUT2D eigenvalue weighted by Gasteiger charge is -2.04. The van der Waals surface area contributed by atoms with E-state index < -0.39 is 0 Å². The van der Waals surface area contributed by atoms with Gasteiger partial charge in [0.15, 0.2) is 0 Å². The van der Waals surface area contributed by atoms with Crippen molar-refractivity contribution in [3.63, 3.8) is 0 Å². The van der Waals surface area contributed by atoms with Crippen LogP contribution in [0.25, 0.3) is 11.3 Å². The zero-order chi connectivity index (χ0) is 19.9. The molecular weight excluding hydrogens is 356 g/mol. The number of hydrogen-bond acceptors (Lipinski definition) is 5. The number of carbonyl (C=O) groups excluding carboxylic acids is 1. The van der Waals surface area contributed by atoms with Gasteiger partial charge in [-0.05, 0) is 56.3 Å². The maximum Gasteiger partial charge on any atom is 0.289 e. The summed E-state index contributed by atoms with van der Waals surface area (Å²) in [7, 11) is 1.60. The van der Waals surface area contributed by atoms with E-state index >= 15 is 0 Å². The highest BCUT2D eigenvalue weighted by atomic mass is 16.5. The van der Waals surface area contributed by atoms with Crippen LogP contribution in [0.1, 0.15) is 29.9 Å². The maximum atomic E-state index is 12.4. The first kappa shape index (κ1) is 19.2. The zero-order valence-corrected chi connectivity index (χ0v) is 16.0. The second-order valence-corrected chi connectivity index (χ2v) is 5.99. The van der Waals surface area contributed by atoms with Gasteiger partial charge < -0.3 is 9.47 Å². The highest BCUT2D eigenvalue weighted by Gasteiger charge is 2.11. The number of aromatic nitrogens is 2. The molecule has 0 saturated heterocycles. The van der Waals surface area contributed by atoms with Gasteiger partial charge in [0.05, 0.1) is 25.1 Å². The molecule has 1 heterocycles. The van der Waals surface area contributed by atoms with Crippen LogP contribution in [-0.2, 0) is 0 Å². The largest absolute Gasteiger partial charge is 0.497 e. The third-order valence-electron chi connectivity index (χ3n) is 4.10. The van der Waals surface area contributed by atoms with E-state index in [1.54, 1.807) is 13.2 Å². The van der Waals surface area contributed by atoms with Crippen molar-refractivity contribution in [2.24, 2.45) is 5.10 Å². The third kappa shape index (κ3) is 4.56. The number of hydrazone groups is 1. The Hall–Kier alpha value is -3.61. The molecule has 0 bridgehead atoms. The van der Waals surface area contributed by atoms with Gasteiger partial charge >= 0.3 is 0 Å². The quantitative estimate of drug-likeness (QED) is 0.485. The smallest absolute Gasteiger partial charge is 0.289 e. The highest BCUT2D eigenvalue weighted by molar-refractivity contribution is 6.00. The molecule has 0 aliphatic rings. The van der Waals surface area contributed by atoms with E-state index in [4.69, 9.17) is 9.47 Å². The molecular formula is C21H22N4O3. The number of methoxy groups -OCH3 is 1. The van der Waals surface area contributed by atoms with E-state index in [-0.39, 0.29) is 5.91 Å². The molecule has 0 saturated carbocycles. The molecule has 0 fully saturated rings. The van der Waals surface area contributed by atoms with Crippen molar-refractivity contribution in [1.82, 2.24) is 15.6 Å². The Morgan fingerprint density at radius 3 is 2.64 bits per heavy atom. The van der Waals surface area contributed by atoms with Gasteiger partial charge in [0.1, 0.15) is 17.2 Å². The predicted octanol–water partition coefficient (Wildman–Crippen LogP) is 3.64. The fourth-order valence-corrected chi connectivity index (χ4v) is 2.58. The molecule has 0 spiro atoms. The van der Waals surface area contributed by atoms with E-state index in [2.05, 4.69) is 20.7 Å². The number of nitrogens with one attached hydrogen (secondary N) is 2. The number of hydrogen-bond donors (Lipinski definition) is 2. The molecule has 0 aliphatic heterocycles. The fraction of sp³-hybridized carbons (Fsp3) is 0.190. The molecule has 2 aromatic carbocycles. The molecule has 28 heavy (non-hydrogen) atoms. The molecule has 1 amide bonds. The number of H-pyrrole nitrogens is 1. The van der Waals surface area contributed by atoms with E-state index in [0.717, 1.165) is 22.6 Å². The lowest BCUT2D eigenvalue weighted by molar-refractivity contribution is 0.0950. The molecule has 3 rings (SSSR count). The van der Waals surface area contributed by atoms with Gasteiger partial charge in [-0.3, -0.25) is 9.89 Å². The molecule has 2 N–H and O–H groups in total. The van der Waals surface area contributed by atoms with Gasteiger partial charge in [0, 0.05) is 11.1 Å². The van der Waals surface area contributed by atoms with Crippen molar-refractivity contribution in [1.29, 1.82) is 0 Å². The minimum Gasteiger partial charge on any atom is -0.497 e. The number of aromatic amines is 1. The van der Waals surface area contributed by atoms with Crippen molar-refractivity contribution in [3.05, 3.63) is 65.9 Å². The van der Waals surface area contributed by atoms with E-state index in [9.17, 15) is 4.79 Å².